The molecule has 27 heavy (non-hydrogen) atoms. The van der Waals surface area contributed by atoms with E-state index in [0.29, 0.717) is 17.2 Å². The zero-order valence-electron chi connectivity index (χ0n) is 13.9. The highest BCUT2D eigenvalue weighted by molar-refractivity contribution is 5.92. The van der Waals surface area contributed by atoms with E-state index in [9.17, 15) is 15.2 Å². The summed E-state index contributed by atoms with van der Waals surface area (Å²) in [6.07, 6.45) is 3.29. The standard InChI is InChI=1S/C19H13N5O3/c25-17-6-5-13(24(26)27)11-16(17)22-19-14-3-1-2-4-15(14)21-18(23-19)12-7-9-20-10-8-12/h1-11,25H,(H,21,22,23). The fraction of sp³-hybridized carbons (Fsp3) is 0. The predicted octanol–water partition coefficient (Wildman–Crippen LogP) is 4.05. The number of benzene rings is 2. The Kier molecular flexibility index (Phi) is 4.06. The zero-order chi connectivity index (χ0) is 18.8. The molecule has 0 bridgehead atoms. The molecule has 0 amide bonds. The second-order valence-corrected chi connectivity index (χ2v) is 5.73. The summed E-state index contributed by atoms with van der Waals surface area (Å²) >= 11 is 0. The number of fused-ring (bicyclic) bond motifs is 1. The quantitative estimate of drug-likeness (QED) is 0.321. The summed E-state index contributed by atoms with van der Waals surface area (Å²) in [6.45, 7) is 0. The number of phenolic OH excluding ortho intramolecular Hbond substituents is 1. The van der Waals surface area contributed by atoms with Crippen LogP contribution in [0.5, 0.6) is 5.75 Å². The third-order valence-electron chi connectivity index (χ3n) is 3.99. The van der Waals surface area contributed by atoms with Crippen molar-refractivity contribution in [3.05, 3.63) is 77.1 Å². The Morgan fingerprint density at radius 2 is 1.78 bits per heavy atom. The molecular weight excluding hydrogens is 346 g/mol. The number of hydrogen-bond donors (Lipinski definition) is 2. The van der Waals surface area contributed by atoms with Crippen molar-refractivity contribution in [3.8, 4) is 17.1 Å². The number of rotatable bonds is 4. The van der Waals surface area contributed by atoms with Crippen molar-refractivity contribution < 1.29 is 10.0 Å². The third kappa shape index (κ3) is 3.23. The largest absolute Gasteiger partial charge is 0.506 e. The van der Waals surface area contributed by atoms with Crippen molar-refractivity contribution in [1.29, 1.82) is 0 Å². The lowest BCUT2D eigenvalue weighted by Gasteiger charge is -2.12. The molecule has 0 atom stereocenters. The number of para-hydroxylation sites is 1. The maximum Gasteiger partial charge on any atom is 0.271 e. The number of nitrogens with one attached hydrogen (secondary N) is 1. The van der Waals surface area contributed by atoms with E-state index in [2.05, 4.69) is 20.3 Å². The predicted molar refractivity (Wildman–Crippen MR) is 101 cm³/mol. The number of hydrogen-bond acceptors (Lipinski definition) is 7. The number of non-ortho nitro benzene ring substituents is 1. The van der Waals surface area contributed by atoms with Crippen molar-refractivity contribution in [2.24, 2.45) is 0 Å². The topological polar surface area (TPSA) is 114 Å². The molecule has 4 aromatic rings. The molecule has 0 saturated heterocycles. The SMILES string of the molecule is O=[N+]([O-])c1ccc(O)c(Nc2nc(-c3ccncc3)nc3ccccc23)c1. The van der Waals surface area contributed by atoms with E-state index >= 15 is 0 Å². The van der Waals surface area contributed by atoms with Crippen LogP contribution < -0.4 is 5.32 Å². The summed E-state index contributed by atoms with van der Waals surface area (Å²) in [5.41, 5.74) is 1.53. The molecular formula is C19H13N5O3. The van der Waals surface area contributed by atoms with E-state index in [4.69, 9.17) is 0 Å². The Morgan fingerprint density at radius 1 is 1.00 bits per heavy atom. The monoisotopic (exact) mass is 359 g/mol. The smallest absolute Gasteiger partial charge is 0.271 e. The van der Waals surface area contributed by atoms with Crippen LogP contribution in [0.15, 0.2) is 67.0 Å². The number of phenols is 1. The Hall–Kier alpha value is -4.07. The summed E-state index contributed by atoms with van der Waals surface area (Å²) in [6, 6.07) is 14.7. The number of pyridine rings is 1. The molecule has 0 fully saturated rings. The van der Waals surface area contributed by atoms with E-state index < -0.39 is 4.92 Å². The third-order valence-corrected chi connectivity index (χ3v) is 3.99. The highest BCUT2D eigenvalue weighted by Gasteiger charge is 2.14. The van der Waals surface area contributed by atoms with Crippen LogP contribution in [0.3, 0.4) is 0 Å². The summed E-state index contributed by atoms with van der Waals surface area (Å²) in [7, 11) is 0. The molecule has 4 rings (SSSR count). The van der Waals surface area contributed by atoms with E-state index in [1.165, 1.54) is 18.2 Å². The molecule has 2 heterocycles. The molecule has 0 aliphatic rings. The van der Waals surface area contributed by atoms with Gasteiger partial charge in [-0.3, -0.25) is 15.1 Å². The summed E-state index contributed by atoms with van der Waals surface area (Å²) in [4.78, 5) is 23.6. The Balaban J connectivity index is 1.86. The number of nitro groups is 1. The lowest BCUT2D eigenvalue weighted by Crippen LogP contribution is -2.00. The van der Waals surface area contributed by atoms with Gasteiger partial charge in [-0.15, -0.1) is 0 Å². The van der Waals surface area contributed by atoms with Crippen molar-refractivity contribution >= 4 is 28.1 Å². The number of nitrogens with zero attached hydrogens (tertiary/aromatic N) is 4. The van der Waals surface area contributed by atoms with Crippen LogP contribution in [0.1, 0.15) is 0 Å². The molecule has 8 nitrogen and oxygen atoms in total. The Labute approximate surface area is 153 Å². The minimum atomic E-state index is -0.523. The van der Waals surface area contributed by atoms with Gasteiger partial charge in [0.1, 0.15) is 11.6 Å². The Bertz CT molecular complexity index is 1150. The van der Waals surface area contributed by atoms with Gasteiger partial charge in [-0.25, -0.2) is 9.97 Å². The molecule has 2 N–H and O–H groups in total. The first-order valence-corrected chi connectivity index (χ1v) is 8.03. The molecule has 0 spiro atoms. The van der Waals surface area contributed by atoms with Gasteiger partial charge in [0.05, 0.1) is 16.1 Å². The highest BCUT2D eigenvalue weighted by atomic mass is 16.6. The first-order valence-electron chi connectivity index (χ1n) is 8.03. The van der Waals surface area contributed by atoms with Gasteiger partial charge in [-0.2, -0.15) is 0 Å². The lowest BCUT2D eigenvalue weighted by atomic mass is 10.2. The maximum absolute atomic E-state index is 11.0. The second kappa shape index (κ2) is 6.68. The summed E-state index contributed by atoms with van der Waals surface area (Å²) in [5.74, 6) is 0.792. The molecule has 0 radical (unpaired) electrons. The van der Waals surface area contributed by atoms with Gasteiger partial charge in [-0.05, 0) is 30.3 Å². The molecule has 0 aliphatic carbocycles. The highest BCUT2D eigenvalue weighted by Crippen LogP contribution is 2.33. The van der Waals surface area contributed by atoms with E-state index in [0.717, 1.165) is 10.9 Å². The van der Waals surface area contributed by atoms with Gasteiger partial charge in [0.2, 0.25) is 0 Å². The zero-order valence-corrected chi connectivity index (χ0v) is 13.9. The molecule has 2 aromatic heterocycles. The molecule has 0 unspecified atom stereocenters. The number of nitro benzene ring substituents is 1. The number of aromatic hydroxyl groups is 1. The van der Waals surface area contributed by atoms with Crippen LogP contribution >= 0.6 is 0 Å². The summed E-state index contributed by atoms with van der Waals surface area (Å²) in [5, 5.41) is 24.9. The summed E-state index contributed by atoms with van der Waals surface area (Å²) < 4.78 is 0. The van der Waals surface area contributed by atoms with E-state index in [-0.39, 0.29) is 17.1 Å². The van der Waals surface area contributed by atoms with Crippen LogP contribution in [-0.2, 0) is 0 Å². The minimum absolute atomic E-state index is 0.117. The van der Waals surface area contributed by atoms with Crippen LogP contribution in [0, 0.1) is 10.1 Å². The van der Waals surface area contributed by atoms with Gasteiger partial charge >= 0.3 is 0 Å². The van der Waals surface area contributed by atoms with Crippen LogP contribution in [0.4, 0.5) is 17.2 Å². The first kappa shape index (κ1) is 16.4. The van der Waals surface area contributed by atoms with Crippen LogP contribution in [-0.4, -0.2) is 25.0 Å². The number of anilines is 2. The van der Waals surface area contributed by atoms with Gasteiger partial charge in [-0.1, -0.05) is 12.1 Å². The van der Waals surface area contributed by atoms with E-state index in [1.54, 1.807) is 24.5 Å². The maximum atomic E-state index is 11.0. The second-order valence-electron chi connectivity index (χ2n) is 5.73. The molecule has 2 aromatic carbocycles. The fourth-order valence-electron chi connectivity index (χ4n) is 2.67. The van der Waals surface area contributed by atoms with Crippen LogP contribution in [0.2, 0.25) is 0 Å². The van der Waals surface area contributed by atoms with Crippen molar-refractivity contribution in [3.63, 3.8) is 0 Å². The normalized spacial score (nSPS) is 10.7. The van der Waals surface area contributed by atoms with Gasteiger partial charge in [0.15, 0.2) is 5.82 Å². The first-order chi connectivity index (χ1) is 13.1. The molecule has 132 valence electrons. The molecule has 0 aliphatic heterocycles. The van der Waals surface area contributed by atoms with Crippen molar-refractivity contribution in [1.82, 2.24) is 15.0 Å². The molecule has 0 saturated carbocycles. The average molecular weight is 359 g/mol. The average Bonchev–Trinajstić information content (AvgIpc) is 2.70. The van der Waals surface area contributed by atoms with Gasteiger partial charge in [0.25, 0.3) is 5.69 Å². The van der Waals surface area contributed by atoms with Gasteiger partial charge in [0, 0.05) is 35.5 Å². The van der Waals surface area contributed by atoms with Crippen molar-refractivity contribution in [2.45, 2.75) is 0 Å². The fourth-order valence-corrected chi connectivity index (χ4v) is 2.67. The molecule has 8 heteroatoms. The lowest BCUT2D eigenvalue weighted by molar-refractivity contribution is -0.384. The van der Waals surface area contributed by atoms with Crippen LogP contribution in [0.25, 0.3) is 22.3 Å². The Morgan fingerprint density at radius 3 is 2.56 bits per heavy atom. The minimum Gasteiger partial charge on any atom is -0.506 e. The number of aromatic nitrogens is 3. The van der Waals surface area contributed by atoms with Crippen molar-refractivity contribution in [2.75, 3.05) is 5.32 Å². The van der Waals surface area contributed by atoms with E-state index in [1.807, 2.05) is 24.3 Å². The van der Waals surface area contributed by atoms with Gasteiger partial charge < -0.3 is 10.4 Å².